The minimum atomic E-state index is -0.550. The molecule has 11 heteroatoms. The van der Waals surface area contributed by atoms with Crippen LogP contribution in [-0.2, 0) is 19.4 Å². The molecule has 2 atom stereocenters. The van der Waals surface area contributed by atoms with Gasteiger partial charge in [0.25, 0.3) is 0 Å². The third-order valence-corrected chi connectivity index (χ3v) is 12.9. The van der Waals surface area contributed by atoms with E-state index in [9.17, 15) is 5.11 Å². The maximum absolute atomic E-state index is 9.53. The first-order chi connectivity index (χ1) is 30.1. The van der Waals surface area contributed by atoms with Gasteiger partial charge in [0.2, 0.25) is 0 Å². The molecule has 3 heterocycles. The number of para-hydroxylation sites is 4. The summed E-state index contributed by atoms with van der Waals surface area (Å²) in [6.07, 6.45) is -0.615. The summed E-state index contributed by atoms with van der Waals surface area (Å²) < 4.78 is 5.85. The van der Waals surface area contributed by atoms with Crippen LogP contribution in [-0.4, -0.2) is 81.2 Å². The van der Waals surface area contributed by atoms with Crippen molar-refractivity contribution < 1.29 is 29.6 Å². The van der Waals surface area contributed by atoms with E-state index in [-0.39, 0.29) is 13.7 Å². The quantitative estimate of drug-likeness (QED) is 0.111. The number of anilines is 2. The Balaban J connectivity index is 0.000000355. The predicted octanol–water partition coefficient (Wildman–Crippen LogP) is 9.31. The molecule has 312 valence electrons. The summed E-state index contributed by atoms with van der Waals surface area (Å²) in [4.78, 5) is 9.50. The van der Waals surface area contributed by atoms with Crippen molar-refractivity contribution in [2.24, 2.45) is 0 Å². The Kier molecular flexibility index (Phi) is 11.8. The number of aromatic nitrogens is 2. The van der Waals surface area contributed by atoms with E-state index in [0.29, 0.717) is 6.42 Å². The first-order valence-electron chi connectivity index (χ1n) is 21.0. The van der Waals surface area contributed by atoms with Crippen molar-refractivity contribution in [3.8, 4) is 11.4 Å². The molecule has 1 aliphatic heterocycles. The third kappa shape index (κ3) is 7.61. The van der Waals surface area contributed by atoms with Crippen LogP contribution in [0.3, 0.4) is 0 Å². The summed E-state index contributed by atoms with van der Waals surface area (Å²) in [5, 5.41) is 23.6. The van der Waals surface area contributed by atoms with Gasteiger partial charge >= 0.3 is 306 Å². The first kappa shape index (κ1) is 41.6. The van der Waals surface area contributed by atoms with Crippen molar-refractivity contribution in [3.63, 3.8) is 0 Å². The molecule has 8 nitrogen and oxygen atoms in total. The van der Waals surface area contributed by atoms with Crippen LogP contribution in [0.1, 0.15) is 25.0 Å². The fourth-order valence-electron chi connectivity index (χ4n) is 9.06. The van der Waals surface area contributed by atoms with Gasteiger partial charge in [-0.2, -0.15) is 0 Å². The van der Waals surface area contributed by atoms with Crippen LogP contribution in [0.25, 0.3) is 55.0 Å². The number of fused-ring (bicyclic) bond motifs is 6. The number of rotatable bonds is 9. The van der Waals surface area contributed by atoms with Gasteiger partial charge < -0.3 is 10.2 Å². The molecule has 2 aromatic heterocycles. The molecular formula is C51H49B2N6O2Pt-. The molecule has 0 amide bonds. The van der Waals surface area contributed by atoms with Crippen LogP contribution < -0.4 is 9.62 Å². The number of aliphatic hydroxyl groups excluding tert-OH is 2. The maximum atomic E-state index is 9.53. The zero-order chi connectivity index (χ0) is 43.1. The molecule has 0 aliphatic carbocycles. The van der Waals surface area contributed by atoms with Gasteiger partial charge in [0.1, 0.15) is 0 Å². The fraction of sp³-hybridized carbons (Fsp3) is 0.157. The minimum absolute atomic E-state index is 0.0462. The molecule has 2 N–H and O–H groups in total. The summed E-state index contributed by atoms with van der Waals surface area (Å²) in [5.41, 5.74) is 10.1. The molecular weight excluding hydrogens is 945 g/mol. The van der Waals surface area contributed by atoms with E-state index >= 15 is 0 Å². The SMILES string of the molecule is CC(O)CC(O)c1ccccc1.CN(C)B1B(N(C)C)N(c2ccc(-n3c4ccccc4c4ccccc43)cc2)[C](=[Pt])N1c1[c-]cc(-n2c3ccccc3c3ccccc32)cc1. The summed E-state index contributed by atoms with van der Waals surface area (Å²) in [5.74, 6) is 0. The Morgan fingerprint density at radius 1 is 0.516 bits per heavy atom. The molecule has 10 rings (SSSR count). The number of aliphatic hydroxyl groups is 2. The van der Waals surface area contributed by atoms with E-state index < -0.39 is 12.2 Å². The third-order valence-electron chi connectivity index (χ3n) is 11.8. The number of hydrogen-bond donors (Lipinski definition) is 2. The Morgan fingerprint density at radius 2 is 0.919 bits per heavy atom. The van der Waals surface area contributed by atoms with Gasteiger partial charge in [0, 0.05) is 6.42 Å². The van der Waals surface area contributed by atoms with Crippen LogP contribution in [0.2, 0.25) is 0 Å². The van der Waals surface area contributed by atoms with Crippen LogP contribution in [0, 0.1) is 6.07 Å². The van der Waals surface area contributed by atoms with Crippen molar-refractivity contribution in [3.05, 3.63) is 181 Å². The van der Waals surface area contributed by atoms with Gasteiger partial charge in [0.15, 0.2) is 0 Å². The average Bonchev–Trinajstić information content (AvgIpc) is 3.92. The standard InChI is InChI=1S/C41H35B2N6.C10H14O2.Pt/c1-44(2)42-43(45(3)4)47(31-23-27-33(28-24-31)49-40-19-11-7-15-36(40)37-16-8-12-20-41(37)49)29-46(42)30-21-25-32(26-22-30)48-38-17-9-5-13-34(38)35-14-6-10-18-39(35)48;1-8(11)7-10(12)9-5-3-2-4-6-9;/h5-23,25-28H,1-4H3;2-6,8,10-12H,7H2,1H3;/q-1;;. The number of benzene rings is 7. The monoisotopic (exact) mass is 994 g/mol. The Bertz CT molecular complexity index is 2720. The van der Waals surface area contributed by atoms with Gasteiger partial charge in [-0.25, -0.2) is 0 Å². The summed E-state index contributed by atoms with van der Waals surface area (Å²) >= 11 is 2.51. The molecule has 0 spiro atoms. The molecule has 0 saturated carbocycles. The van der Waals surface area contributed by atoms with Gasteiger partial charge in [-0.05, 0) is 12.5 Å². The van der Waals surface area contributed by atoms with Crippen molar-refractivity contribution >= 4 is 72.9 Å². The van der Waals surface area contributed by atoms with E-state index in [4.69, 9.17) is 5.11 Å². The van der Waals surface area contributed by atoms with E-state index in [2.05, 4.69) is 222 Å². The van der Waals surface area contributed by atoms with Gasteiger partial charge in [0.05, 0.1) is 12.2 Å². The second kappa shape index (κ2) is 17.6. The molecule has 9 aromatic rings. The predicted molar refractivity (Wildman–Crippen MR) is 257 cm³/mol. The van der Waals surface area contributed by atoms with Crippen molar-refractivity contribution in [2.45, 2.75) is 25.6 Å². The van der Waals surface area contributed by atoms with E-state index in [1.165, 1.54) is 43.6 Å². The molecule has 1 saturated heterocycles. The number of nitrogens with zero attached hydrogens (tertiary/aromatic N) is 6. The molecule has 7 aromatic carbocycles. The molecule has 2 unspecified atom stereocenters. The van der Waals surface area contributed by atoms with Crippen LogP contribution >= 0.6 is 0 Å². The summed E-state index contributed by atoms with van der Waals surface area (Å²) in [7, 11) is 8.67. The number of hydrogen-bond acceptors (Lipinski definition) is 6. The molecule has 0 bridgehead atoms. The first-order valence-corrected chi connectivity index (χ1v) is 22.2. The van der Waals surface area contributed by atoms with Crippen LogP contribution in [0.4, 0.5) is 11.4 Å². The molecule has 0 radical (unpaired) electrons. The zero-order valence-electron chi connectivity index (χ0n) is 35.6. The summed E-state index contributed by atoms with van der Waals surface area (Å²) in [6.45, 7) is 1.78. The van der Waals surface area contributed by atoms with Crippen molar-refractivity contribution in [1.29, 1.82) is 0 Å². The Labute approximate surface area is 375 Å². The second-order valence-electron chi connectivity index (χ2n) is 16.4. The van der Waals surface area contributed by atoms with E-state index in [1.807, 2.05) is 30.3 Å². The fourth-order valence-corrected chi connectivity index (χ4v) is 10.2. The zero-order valence-corrected chi connectivity index (χ0v) is 37.8. The van der Waals surface area contributed by atoms with E-state index in [1.54, 1.807) is 6.92 Å². The van der Waals surface area contributed by atoms with Crippen LogP contribution in [0.15, 0.2) is 170 Å². The van der Waals surface area contributed by atoms with Crippen molar-refractivity contribution in [1.82, 2.24) is 18.8 Å². The molecule has 1 fully saturated rings. The molecule has 62 heavy (non-hydrogen) atoms. The second-order valence-corrected chi connectivity index (χ2v) is 17.5. The topological polar surface area (TPSA) is 63.3 Å². The van der Waals surface area contributed by atoms with Gasteiger partial charge in [-0.15, -0.1) is 0 Å². The van der Waals surface area contributed by atoms with Gasteiger partial charge in [-0.1, -0.05) is 30.3 Å². The average molecular weight is 995 g/mol. The normalized spacial score (nSPS) is 14.2. The Morgan fingerprint density at radius 3 is 1.35 bits per heavy atom. The Hall–Kier alpha value is -5.73. The molecule has 1 aliphatic rings. The van der Waals surface area contributed by atoms with Crippen LogP contribution in [0.5, 0.6) is 0 Å². The summed E-state index contributed by atoms with van der Waals surface area (Å²) in [6, 6.07) is 63.3. The van der Waals surface area contributed by atoms with Crippen molar-refractivity contribution in [2.75, 3.05) is 37.8 Å². The van der Waals surface area contributed by atoms with E-state index in [0.717, 1.165) is 32.5 Å². The van der Waals surface area contributed by atoms with Gasteiger partial charge in [-0.3, -0.25) is 0 Å².